The molecule has 0 fully saturated rings. The van der Waals surface area contributed by atoms with Gasteiger partial charge in [0.05, 0.1) is 23.2 Å². The van der Waals surface area contributed by atoms with Gasteiger partial charge >= 0.3 is 0 Å². The lowest BCUT2D eigenvalue weighted by atomic mass is 10.2. The number of anilines is 1. The minimum atomic E-state index is -0.342. The van der Waals surface area contributed by atoms with E-state index in [9.17, 15) is 4.79 Å². The first-order chi connectivity index (χ1) is 13.1. The number of hydrogen-bond donors (Lipinski definition) is 1. The third-order valence-corrected chi connectivity index (χ3v) is 5.21. The van der Waals surface area contributed by atoms with Crippen LogP contribution in [0.15, 0.2) is 42.5 Å². The predicted octanol–water partition coefficient (Wildman–Crippen LogP) is 3.75. The van der Waals surface area contributed by atoms with Crippen molar-refractivity contribution in [2.45, 2.75) is 13.8 Å². The van der Waals surface area contributed by atoms with Crippen molar-refractivity contribution in [3.8, 4) is 11.4 Å². The second kappa shape index (κ2) is 6.81. The lowest BCUT2D eigenvalue weighted by Gasteiger charge is -2.06. The molecule has 4 aromatic rings. The van der Waals surface area contributed by atoms with Crippen molar-refractivity contribution < 1.29 is 9.53 Å². The summed E-state index contributed by atoms with van der Waals surface area (Å²) in [5.74, 6) is 0.330. The molecule has 0 atom stereocenters. The van der Waals surface area contributed by atoms with Crippen molar-refractivity contribution in [2.75, 3.05) is 12.4 Å². The number of aromatic nitrogens is 4. The van der Waals surface area contributed by atoms with Crippen LogP contribution in [0.1, 0.15) is 21.7 Å². The maximum absolute atomic E-state index is 12.7. The molecule has 136 valence electrons. The number of carbonyl (C=O) groups is 1. The van der Waals surface area contributed by atoms with Crippen LogP contribution in [0, 0.1) is 13.8 Å². The number of thiazole rings is 1. The summed E-state index contributed by atoms with van der Waals surface area (Å²) in [4.78, 5) is 17.2. The van der Waals surface area contributed by atoms with Gasteiger partial charge < -0.3 is 4.74 Å². The molecule has 1 amide bonds. The Labute approximate surface area is 159 Å². The molecule has 27 heavy (non-hydrogen) atoms. The standard InChI is InChI=1S/C19H17N5O2S/c1-11-7-4-5-8-13(11)24-12(2)16(22-23-24)18(25)21-19-20-17-14(26-3)9-6-10-15(17)27-19/h4-10H,1-3H3,(H,20,21,25). The van der Waals surface area contributed by atoms with Gasteiger partial charge in [-0.15, -0.1) is 5.10 Å². The maximum Gasteiger partial charge on any atom is 0.279 e. The molecular weight excluding hydrogens is 362 g/mol. The molecule has 0 spiro atoms. The Bertz CT molecular complexity index is 1150. The van der Waals surface area contributed by atoms with E-state index in [1.807, 2.05) is 56.3 Å². The molecule has 0 bridgehead atoms. The Morgan fingerprint density at radius 3 is 2.74 bits per heavy atom. The third-order valence-electron chi connectivity index (χ3n) is 4.28. The summed E-state index contributed by atoms with van der Waals surface area (Å²) in [5, 5.41) is 11.5. The number of nitrogens with one attached hydrogen (secondary N) is 1. The minimum Gasteiger partial charge on any atom is -0.494 e. The summed E-state index contributed by atoms with van der Waals surface area (Å²) < 4.78 is 7.93. The van der Waals surface area contributed by atoms with E-state index < -0.39 is 0 Å². The molecule has 0 aliphatic carbocycles. The van der Waals surface area contributed by atoms with Crippen LogP contribution in [0.3, 0.4) is 0 Å². The molecule has 0 aliphatic heterocycles. The van der Waals surface area contributed by atoms with E-state index >= 15 is 0 Å². The first kappa shape index (κ1) is 17.2. The SMILES string of the molecule is COc1cccc2sc(NC(=O)c3nnn(-c4ccccc4C)c3C)nc12. The fraction of sp³-hybridized carbons (Fsp3) is 0.158. The van der Waals surface area contributed by atoms with Crippen LogP contribution >= 0.6 is 11.3 Å². The quantitative estimate of drug-likeness (QED) is 0.584. The van der Waals surface area contributed by atoms with Gasteiger partial charge in [-0.25, -0.2) is 9.67 Å². The van der Waals surface area contributed by atoms with Gasteiger partial charge in [-0.1, -0.05) is 40.8 Å². The minimum absolute atomic E-state index is 0.268. The van der Waals surface area contributed by atoms with Gasteiger partial charge in [-0.3, -0.25) is 10.1 Å². The Hall–Kier alpha value is -3.26. The number of para-hydroxylation sites is 2. The van der Waals surface area contributed by atoms with Crippen LogP contribution in [-0.4, -0.2) is 33.0 Å². The molecule has 2 aromatic carbocycles. The van der Waals surface area contributed by atoms with Gasteiger partial charge in [-0.2, -0.15) is 0 Å². The van der Waals surface area contributed by atoms with E-state index in [0.29, 0.717) is 16.6 Å². The molecule has 0 radical (unpaired) electrons. The second-order valence-electron chi connectivity index (χ2n) is 6.00. The number of hydrogen-bond acceptors (Lipinski definition) is 6. The summed E-state index contributed by atoms with van der Waals surface area (Å²) in [6.07, 6.45) is 0. The Balaban J connectivity index is 1.64. The van der Waals surface area contributed by atoms with Crippen LogP contribution in [-0.2, 0) is 0 Å². The molecular formula is C19H17N5O2S. The number of ether oxygens (including phenoxy) is 1. The molecule has 4 rings (SSSR count). The molecule has 7 nitrogen and oxygen atoms in total. The topological polar surface area (TPSA) is 81.9 Å². The average Bonchev–Trinajstić information content (AvgIpc) is 3.24. The Morgan fingerprint density at radius 2 is 1.96 bits per heavy atom. The summed E-state index contributed by atoms with van der Waals surface area (Å²) in [6.45, 7) is 3.81. The van der Waals surface area contributed by atoms with E-state index in [0.717, 1.165) is 21.5 Å². The zero-order valence-electron chi connectivity index (χ0n) is 15.1. The molecule has 0 saturated heterocycles. The summed E-state index contributed by atoms with van der Waals surface area (Å²) in [7, 11) is 1.60. The van der Waals surface area contributed by atoms with Gasteiger partial charge in [0, 0.05) is 0 Å². The van der Waals surface area contributed by atoms with Crippen LogP contribution in [0.2, 0.25) is 0 Å². The van der Waals surface area contributed by atoms with Crippen LogP contribution in [0.5, 0.6) is 5.75 Å². The number of rotatable bonds is 4. The van der Waals surface area contributed by atoms with Gasteiger partial charge in [0.2, 0.25) is 0 Å². The van der Waals surface area contributed by atoms with Crippen molar-refractivity contribution in [1.82, 2.24) is 20.0 Å². The Morgan fingerprint density at radius 1 is 1.15 bits per heavy atom. The lowest BCUT2D eigenvalue weighted by Crippen LogP contribution is -2.14. The van der Waals surface area contributed by atoms with Crippen molar-refractivity contribution in [3.63, 3.8) is 0 Å². The molecule has 8 heteroatoms. The molecule has 2 heterocycles. The number of methoxy groups -OCH3 is 1. The molecule has 1 N–H and O–H groups in total. The third kappa shape index (κ3) is 3.04. The second-order valence-corrected chi connectivity index (χ2v) is 7.03. The van der Waals surface area contributed by atoms with E-state index in [1.54, 1.807) is 11.8 Å². The molecule has 0 saturated carbocycles. The lowest BCUT2D eigenvalue weighted by molar-refractivity contribution is 0.102. The highest BCUT2D eigenvalue weighted by molar-refractivity contribution is 7.22. The van der Waals surface area contributed by atoms with Crippen molar-refractivity contribution in [3.05, 3.63) is 59.4 Å². The normalized spacial score (nSPS) is 10.9. The first-order valence-electron chi connectivity index (χ1n) is 8.31. The number of carbonyl (C=O) groups excluding carboxylic acids is 1. The molecule has 2 aromatic heterocycles. The van der Waals surface area contributed by atoms with E-state index in [2.05, 4.69) is 20.6 Å². The van der Waals surface area contributed by atoms with Crippen LogP contribution in [0.25, 0.3) is 15.9 Å². The largest absolute Gasteiger partial charge is 0.494 e. The van der Waals surface area contributed by atoms with E-state index in [-0.39, 0.29) is 11.6 Å². The summed E-state index contributed by atoms with van der Waals surface area (Å²) >= 11 is 1.38. The number of nitrogens with zero attached hydrogens (tertiary/aromatic N) is 4. The van der Waals surface area contributed by atoms with Crippen LogP contribution in [0.4, 0.5) is 5.13 Å². The predicted molar refractivity (Wildman–Crippen MR) is 105 cm³/mol. The highest BCUT2D eigenvalue weighted by Gasteiger charge is 2.20. The fourth-order valence-corrected chi connectivity index (χ4v) is 3.75. The number of aryl methyl sites for hydroxylation is 1. The Kier molecular flexibility index (Phi) is 4.33. The van der Waals surface area contributed by atoms with Gasteiger partial charge in [-0.05, 0) is 37.6 Å². The van der Waals surface area contributed by atoms with Crippen LogP contribution < -0.4 is 10.1 Å². The zero-order valence-corrected chi connectivity index (χ0v) is 15.9. The van der Waals surface area contributed by atoms with Crippen molar-refractivity contribution in [1.29, 1.82) is 0 Å². The monoisotopic (exact) mass is 379 g/mol. The van der Waals surface area contributed by atoms with Gasteiger partial charge in [0.25, 0.3) is 5.91 Å². The van der Waals surface area contributed by atoms with E-state index in [1.165, 1.54) is 11.3 Å². The van der Waals surface area contributed by atoms with E-state index in [4.69, 9.17) is 4.74 Å². The maximum atomic E-state index is 12.7. The number of amides is 1. The van der Waals surface area contributed by atoms with Gasteiger partial charge in [0.15, 0.2) is 10.8 Å². The molecule has 0 unspecified atom stereocenters. The first-order valence-corrected chi connectivity index (χ1v) is 9.13. The molecule has 0 aliphatic rings. The fourth-order valence-electron chi connectivity index (χ4n) is 2.87. The number of benzene rings is 2. The number of fused-ring (bicyclic) bond motifs is 1. The highest BCUT2D eigenvalue weighted by Crippen LogP contribution is 2.32. The average molecular weight is 379 g/mol. The highest BCUT2D eigenvalue weighted by atomic mass is 32.1. The zero-order chi connectivity index (χ0) is 19.0. The van der Waals surface area contributed by atoms with Gasteiger partial charge in [0.1, 0.15) is 11.3 Å². The smallest absolute Gasteiger partial charge is 0.279 e. The van der Waals surface area contributed by atoms with Crippen molar-refractivity contribution >= 4 is 32.6 Å². The van der Waals surface area contributed by atoms with Crippen molar-refractivity contribution in [2.24, 2.45) is 0 Å². The summed E-state index contributed by atoms with van der Waals surface area (Å²) in [6, 6.07) is 13.5. The summed E-state index contributed by atoms with van der Waals surface area (Å²) in [5.41, 5.74) is 3.60.